The van der Waals surface area contributed by atoms with Crippen LogP contribution in [-0.4, -0.2) is 5.97 Å². The second kappa shape index (κ2) is 4.16. The molecular weight excluding hydrogens is 228 g/mol. The molecule has 1 aliphatic heterocycles. The van der Waals surface area contributed by atoms with Gasteiger partial charge < -0.3 is 9.15 Å². The third kappa shape index (κ3) is 1.80. The number of aryl methyl sites for hydroxylation is 1. The Labute approximate surface area is 106 Å². The number of carbonyl (C=O) groups is 1. The minimum Gasteiger partial charge on any atom is -0.469 e. The molecule has 0 amide bonds. The van der Waals surface area contributed by atoms with E-state index in [1.54, 1.807) is 6.26 Å². The Morgan fingerprint density at radius 3 is 3.00 bits per heavy atom. The SMILES string of the molecule is Cc1coc2c1[C@H]1CC(=CC=CC(C)C2)C(=O)O1. The van der Waals surface area contributed by atoms with Gasteiger partial charge in [-0.15, -0.1) is 0 Å². The minimum atomic E-state index is -0.203. The molecule has 1 saturated heterocycles. The summed E-state index contributed by atoms with van der Waals surface area (Å²) in [6, 6.07) is 0. The molecule has 1 fully saturated rings. The molecule has 3 nitrogen and oxygen atoms in total. The van der Waals surface area contributed by atoms with E-state index in [2.05, 4.69) is 13.0 Å². The third-order valence-corrected chi connectivity index (χ3v) is 3.59. The fourth-order valence-corrected chi connectivity index (χ4v) is 2.65. The van der Waals surface area contributed by atoms with Gasteiger partial charge in [0.25, 0.3) is 0 Å². The van der Waals surface area contributed by atoms with E-state index in [0.29, 0.717) is 12.3 Å². The number of esters is 1. The van der Waals surface area contributed by atoms with Crippen molar-refractivity contribution in [3.63, 3.8) is 0 Å². The molecule has 0 N–H and O–H groups in total. The molecule has 1 aromatic rings. The largest absolute Gasteiger partial charge is 0.469 e. The van der Waals surface area contributed by atoms with Crippen LogP contribution in [-0.2, 0) is 16.0 Å². The van der Waals surface area contributed by atoms with Crippen LogP contribution in [0.15, 0.2) is 34.5 Å². The number of hydrogen-bond donors (Lipinski definition) is 0. The molecule has 1 aliphatic carbocycles. The molecule has 18 heavy (non-hydrogen) atoms. The topological polar surface area (TPSA) is 39.4 Å². The van der Waals surface area contributed by atoms with Crippen molar-refractivity contribution in [2.75, 3.05) is 0 Å². The fraction of sp³-hybridized carbons (Fsp3) is 0.400. The fourth-order valence-electron chi connectivity index (χ4n) is 2.65. The molecule has 2 aliphatic rings. The van der Waals surface area contributed by atoms with Crippen molar-refractivity contribution < 1.29 is 13.9 Å². The number of furan rings is 1. The molecule has 3 rings (SSSR count). The van der Waals surface area contributed by atoms with Crippen LogP contribution < -0.4 is 0 Å². The smallest absolute Gasteiger partial charge is 0.334 e. The van der Waals surface area contributed by atoms with E-state index >= 15 is 0 Å². The summed E-state index contributed by atoms with van der Waals surface area (Å²) in [6.07, 6.45) is 9.00. The highest BCUT2D eigenvalue weighted by atomic mass is 16.5. The number of fused-ring (bicyclic) bond motifs is 4. The van der Waals surface area contributed by atoms with Crippen molar-refractivity contribution in [3.8, 4) is 0 Å². The maximum Gasteiger partial charge on any atom is 0.334 e. The Morgan fingerprint density at radius 2 is 2.17 bits per heavy atom. The Morgan fingerprint density at radius 1 is 1.33 bits per heavy atom. The standard InChI is InChI=1S/C15H16O3/c1-9-4-3-5-11-7-13(18-15(11)16)14-10(2)8-17-12(14)6-9/h3-5,8-9,13H,6-7H2,1-2H3/t9?,13-/m1/s1. The average molecular weight is 244 g/mol. The van der Waals surface area contributed by atoms with Crippen molar-refractivity contribution in [3.05, 3.63) is 47.0 Å². The van der Waals surface area contributed by atoms with Gasteiger partial charge in [0.15, 0.2) is 0 Å². The van der Waals surface area contributed by atoms with Crippen molar-refractivity contribution in [1.82, 2.24) is 0 Å². The molecule has 0 radical (unpaired) electrons. The van der Waals surface area contributed by atoms with Gasteiger partial charge in [-0.05, 0) is 18.4 Å². The van der Waals surface area contributed by atoms with Crippen molar-refractivity contribution in [2.45, 2.75) is 32.8 Å². The zero-order valence-corrected chi connectivity index (χ0v) is 10.6. The second-order valence-electron chi connectivity index (χ2n) is 5.11. The Balaban J connectivity index is 2.10. The Bertz CT molecular complexity index is 548. The lowest BCUT2D eigenvalue weighted by molar-refractivity contribution is -0.139. The summed E-state index contributed by atoms with van der Waals surface area (Å²) in [5.74, 6) is 1.13. The van der Waals surface area contributed by atoms with Crippen molar-refractivity contribution in [1.29, 1.82) is 0 Å². The van der Waals surface area contributed by atoms with Crippen LogP contribution in [0.1, 0.15) is 36.3 Å². The predicted molar refractivity (Wildman–Crippen MR) is 67.0 cm³/mol. The molecule has 2 atom stereocenters. The van der Waals surface area contributed by atoms with Crippen LogP contribution >= 0.6 is 0 Å². The number of carbonyl (C=O) groups excluding carboxylic acids is 1. The molecule has 0 spiro atoms. The van der Waals surface area contributed by atoms with Gasteiger partial charge in [-0.1, -0.05) is 25.2 Å². The lowest BCUT2D eigenvalue weighted by Gasteiger charge is -2.12. The predicted octanol–water partition coefficient (Wildman–Crippen LogP) is 3.25. The highest BCUT2D eigenvalue weighted by Gasteiger charge is 2.34. The van der Waals surface area contributed by atoms with E-state index in [-0.39, 0.29) is 12.1 Å². The molecule has 2 heterocycles. The summed E-state index contributed by atoms with van der Waals surface area (Å²) in [5, 5.41) is 0. The van der Waals surface area contributed by atoms with E-state index in [4.69, 9.17) is 9.15 Å². The number of allylic oxidation sites excluding steroid dienone is 3. The van der Waals surface area contributed by atoms with E-state index in [1.807, 2.05) is 19.1 Å². The summed E-state index contributed by atoms with van der Waals surface area (Å²) in [7, 11) is 0. The number of ether oxygens (including phenoxy) is 1. The Hall–Kier alpha value is -1.77. The van der Waals surface area contributed by atoms with Gasteiger partial charge in [0, 0.05) is 24.0 Å². The molecule has 3 heteroatoms. The zero-order valence-electron chi connectivity index (χ0n) is 10.6. The van der Waals surface area contributed by atoms with E-state index in [0.717, 1.165) is 28.9 Å². The number of rotatable bonds is 0. The second-order valence-corrected chi connectivity index (χ2v) is 5.11. The third-order valence-electron chi connectivity index (χ3n) is 3.59. The van der Waals surface area contributed by atoms with Crippen LogP contribution in [0.4, 0.5) is 0 Å². The van der Waals surface area contributed by atoms with Gasteiger partial charge in [0.05, 0.1) is 6.26 Å². The van der Waals surface area contributed by atoms with Crippen molar-refractivity contribution >= 4 is 5.97 Å². The monoisotopic (exact) mass is 244 g/mol. The van der Waals surface area contributed by atoms with Crippen LogP contribution in [0.3, 0.4) is 0 Å². The molecule has 0 aromatic carbocycles. The summed E-state index contributed by atoms with van der Waals surface area (Å²) in [4.78, 5) is 11.8. The highest BCUT2D eigenvalue weighted by molar-refractivity contribution is 5.91. The maximum absolute atomic E-state index is 11.8. The van der Waals surface area contributed by atoms with Gasteiger partial charge in [0.2, 0.25) is 0 Å². The van der Waals surface area contributed by atoms with Crippen LogP contribution in [0.5, 0.6) is 0 Å². The first-order chi connectivity index (χ1) is 8.65. The summed E-state index contributed by atoms with van der Waals surface area (Å²) < 4.78 is 11.1. The van der Waals surface area contributed by atoms with E-state index in [1.165, 1.54) is 0 Å². The average Bonchev–Trinajstić information content (AvgIpc) is 2.83. The minimum absolute atomic E-state index is 0.170. The van der Waals surface area contributed by atoms with Gasteiger partial charge in [-0.25, -0.2) is 4.79 Å². The van der Waals surface area contributed by atoms with Crippen LogP contribution in [0.25, 0.3) is 0 Å². The summed E-state index contributed by atoms with van der Waals surface area (Å²) >= 11 is 0. The van der Waals surface area contributed by atoms with Gasteiger partial charge >= 0.3 is 5.97 Å². The highest BCUT2D eigenvalue weighted by Crippen LogP contribution is 2.38. The van der Waals surface area contributed by atoms with Crippen LogP contribution in [0.2, 0.25) is 0 Å². The van der Waals surface area contributed by atoms with Crippen molar-refractivity contribution in [2.24, 2.45) is 5.92 Å². The summed E-state index contributed by atoms with van der Waals surface area (Å²) in [5.41, 5.74) is 2.88. The first-order valence-corrected chi connectivity index (χ1v) is 6.30. The molecule has 94 valence electrons. The van der Waals surface area contributed by atoms with Gasteiger partial charge in [-0.3, -0.25) is 0 Å². The number of hydrogen-bond acceptors (Lipinski definition) is 3. The normalized spacial score (nSPS) is 26.6. The van der Waals surface area contributed by atoms with Gasteiger partial charge in [0.1, 0.15) is 11.9 Å². The van der Waals surface area contributed by atoms with E-state index < -0.39 is 0 Å². The first-order valence-electron chi connectivity index (χ1n) is 6.30. The summed E-state index contributed by atoms with van der Waals surface area (Å²) in [6.45, 7) is 4.15. The zero-order chi connectivity index (χ0) is 12.7. The Kier molecular flexibility index (Phi) is 2.62. The molecule has 2 bridgehead atoms. The lowest BCUT2D eigenvalue weighted by atomic mass is 9.95. The van der Waals surface area contributed by atoms with Crippen LogP contribution in [0, 0.1) is 12.8 Å². The lowest BCUT2D eigenvalue weighted by Crippen LogP contribution is -2.04. The van der Waals surface area contributed by atoms with E-state index in [9.17, 15) is 4.79 Å². The first kappa shape index (κ1) is 11.3. The molecule has 1 unspecified atom stereocenters. The maximum atomic E-state index is 11.8. The quantitative estimate of drug-likeness (QED) is 0.658. The van der Waals surface area contributed by atoms with Gasteiger partial charge in [-0.2, -0.15) is 0 Å². The molecular formula is C15H16O3. The molecule has 1 aromatic heterocycles. The molecule has 0 saturated carbocycles.